The lowest BCUT2D eigenvalue weighted by atomic mass is 9.75. The Morgan fingerprint density at radius 2 is 1.78 bits per heavy atom. The monoisotopic (exact) mass is 312 g/mol. The highest BCUT2D eigenvalue weighted by Crippen LogP contribution is 2.36. The van der Waals surface area contributed by atoms with Gasteiger partial charge in [0.2, 0.25) is 0 Å². The molecule has 0 saturated carbocycles. The Hall–Kier alpha value is -1.92. The van der Waals surface area contributed by atoms with Gasteiger partial charge in [0.15, 0.2) is 0 Å². The number of aryl methyl sites for hydroxylation is 1. The molecule has 23 heavy (non-hydrogen) atoms. The van der Waals surface area contributed by atoms with Gasteiger partial charge < -0.3 is 9.31 Å². The first-order chi connectivity index (χ1) is 10.7. The summed E-state index contributed by atoms with van der Waals surface area (Å²) in [6.45, 7) is 7.99. The third-order valence-electron chi connectivity index (χ3n) is 4.76. The van der Waals surface area contributed by atoms with Crippen LogP contribution in [-0.2, 0) is 16.4 Å². The maximum absolute atomic E-state index is 11.4. The number of carbonyl (C=O) groups excluding carboxylic acids is 1. The van der Waals surface area contributed by atoms with E-state index in [2.05, 4.69) is 5.10 Å². The van der Waals surface area contributed by atoms with Crippen molar-refractivity contribution in [2.24, 2.45) is 7.05 Å². The summed E-state index contributed by atoms with van der Waals surface area (Å²) < 4.78 is 13.9. The fraction of sp³-hybridized carbons (Fsp3) is 0.412. The van der Waals surface area contributed by atoms with Crippen LogP contribution in [0.25, 0.3) is 11.1 Å². The molecular weight excluding hydrogens is 291 g/mol. The maximum Gasteiger partial charge on any atom is 0.495 e. The van der Waals surface area contributed by atoms with E-state index < -0.39 is 18.3 Å². The van der Waals surface area contributed by atoms with E-state index in [1.54, 1.807) is 16.9 Å². The molecule has 5 nitrogen and oxygen atoms in total. The Morgan fingerprint density at radius 1 is 1.13 bits per heavy atom. The number of hydrogen-bond donors (Lipinski definition) is 0. The Labute approximate surface area is 136 Å². The standard InChI is InChI=1S/C17H21BN2O3/c1-16(2)17(3,4)23-18(22-16)15-8-12(6-7-13(15)11-21)14-9-19-20(5)10-14/h6-11H,1-5H3. The molecule has 1 aromatic heterocycles. The summed E-state index contributed by atoms with van der Waals surface area (Å²) in [5.41, 5.74) is 2.41. The van der Waals surface area contributed by atoms with Gasteiger partial charge in [-0.3, -0.25) is 9.48 Å². The molecule has 0 unspecified atom stereocenters. The first-order valence-electron chi connectivity index (χ1n) is 7.67. The summed E-state index contributed by atoms with van der Waals surface area (Å²) in [5, 5.41) is 4.19. The molecule has 3 rings (SSSR count). The zero-order valence-corrected chi connectivity index (χ0v) is 14.2. The number of carbonyl (C=O) groups is 1. The Kier molecular flexibility index (Phi) is 3.69. The fourth-order valence-electron chi connectivity index (χ4n) is 2.61. The minimum absolute atomic E-state index is 0.442. The van der Waals surface area contributed by atoms with Crippen molar-refractivity contribution in [3.05, 3.63) is 36.2 Å². The molecule has 1 saturated heterocycles. The maximum atomic E-state index is 11.4. The highest BCUT2D eigenvalue weighted by atomic mass is 16.7. The number of rotatable bonds is 3. The van der Waals surface area contributed by atoms with Crippen LogP contribution in [0.1, 0.15) is 38.1 Å². The molecule has 0 aliphatic carbocycles. The van der Waals surface area contributed by atoms with Crippen molar-refractivity contribution in [2.75, 3.05) is 0 Å². The van der Waals surface area contributed by atoms with Crippen LogP contribution in [0.3, 0.4) is 0 Å². The highest BCUT2D eigenvalue weighted by Gasteiger charge is 2.52. The van der Waals surface area contributed by atoms with Crippen LogP contribution >= 0.6 is 0 Å². The van der Waals surface area contributed by atoms with Gasteiger partial charge in [0.1, 0.15) is 6.29 Å². The quantitative estimate of drug-likeness (QED) is 0.644. The van der Waals surface area contributed by atoms with Crippen LogP contribution in [0.2, 0.25) is 0 Å². The predicted molar refractivity (Wildman–Crippen MR) is 89.7 cm³/mol. The predicted octanol–water partition coefficient (Wildman–Crippen LogP) is 2.20. The van der Waals surface area contributed by atoms with E-state index in [0.717, 1.165) is 22.9 Å². The number of benzene rings is 1. The van der Waals surface area contributed by atoms with Crippen LogP contribution in [-0.4, -0.2) is 34.4 Å². The van der Waals surface area contributed by atoms with E-state index in [1.807, 2.05) is 53.1 Å². The second-order valence-electron chi connectivity index (χ2n) is 6.95. The largest absolute Gasteiger partial charge is 0.495 e. The highest BCUT2D eigenvalue weighted by molar-refractivity contribution is 6.63. The van der Waals surface area contributed by atoms with E-state index in [-0.39, 0.29) is 0 Å². The average molecular weight is 312 g/mol. The van der Waals surface area contributed by atoms with E-state index in [9.17, 15) is 4.79 Å². The number of aldehydes is 1. The second-order valence-corrected chi connectivity index (χ2v) is 6.95. The van der Waals surface area contributed by atoms with Crippen molar-refractivity contribution in [2.45, 2.75) is 38.9 Å². The van der Waals surface area contributed by atoms with Crippen LogP contribution in [0, 0.1) is 0 Å². The zero-order chi connectivity index (χ0) is 16.8. The zero-order valence-electron chi connectivity index (χ0n) is 14.2. The van der Waals surface area contributed by atoms with Gasteiger partial charge in [0.25, 0.3) is 0 Å². The molecule has 1 aliphatic rings. The fourth-order valence-corrected chi connectivity index (χ4v) is 2.61. The van der Waals surface area contributed by atoms with Gasteiger partial charge in [-0.05, 0) is 38.7 Å². The van der Waals surface area contributed by atoms with Gasteiger partial charge in [0, 0.05) is 24.4 Å². The molecule has 0 amide bonds. The Morgan fingerprint density at radius 3 is 2.30 bits per heavy atom. The number of hydrogen-bond acceptors (Lipinski definition) is 4. The molecule has 0 radical (unpaired) electrons. The van der Waals surface area contributed by atoms with Gasteiger partial charge in [-0.1, -0.05) is 18.2 Å². The molecule has 6 heteroatoms. The minimum Gasteiger partial charge on any atom is -0.399 e. The van der Waals surface area contributed by atoms with Gasteiger partial charge in [-0.25, -0.2) is 0 Å². The molecule has 120 valence electrons. The molecule has 0 atom stereocenters. The smallest absolute Gasteiger partial charge is 0.399 e. The van der Waals surface area contributed by atoms with Crippen molar-refractivity contribution in [3.63, 3.8) is 0 Å². The number of aromatic nitrogens is 2. The summed E-state index contributed by atoms with van der Waals surface area (Å²) >= 11 is 0. The van der Waals surface area contributed by atoms with E-state index in [1.165, 1.54) is 0 Å². The Bertz CT molecular complexity index is 736. The lowest BCUT2D eigenvalue weighted by Gasteiger charge is -2.32. The third kappa shape index (κ3) is 2.73. The molecule has 1 aromatic carbocycles. The molecule has 2 heterocycles. The van der Waals surface area contributed by atoms with Crippen molar-refractivity contribution in [1.29, 1.82) is 0 Å². The lowest BCUT2D eigenvalue weighted by molar-refractivity contribution is 0.00578. The molecule has 0 bridgehead atoms. The van der Waals surface area contributed by atoms with Crippen molar-refractivity contribution < 1.29 is 14.1 Å². The van der Waals surface area contributed by atoms with Gasteiger partial charge >= 0.3 is 7.12 Å². The SMILES string of the molecule is Cn1cc(-c2ccc(C=O)c(B3OC(C)(C)C(C)(C)O3)c2)cn1. The third-order valence-corrected chi connectivity index (χ3v) is 4.76. The molecule has 1 aliphatic heterocycles. The molecule has 2 aromatic rings. The average Bonchev–Trinajstić information content (AvgIpc) is 3.00. The molecular formula is C17H21BN2O3. The van der Waals surface area contributed by atoms with E-state index >= 15 is 0 Å². The van der Waals surface area contributed by atoms with E-state index in [4.69, 9.17) is 9.31 Å². The minimum atomic E-state index is -0.558. The van der Waals surface area contributed by atoms with Gasteiger partial charge in [0.05, 0.1) is 17.4 Å². The molecule has 0 spiro atoms. The Balaban J connectivity index is 2.03. The first-order valence-corrected chi connectivity index (χ1v) is 7.67. The summed E-state index contributed by atoms with van der Waals surface area (Å²) in [4.78, 5) is 11.4. The molecule has 1 fully saturated rings. The summed E-state index contributed by atoms with van der Waals surface area (Å²) in [6, 6.07) is 5.66. The van der Waals surface area contributed by atoms with Gasteiger partial charge in [-0.2, -0.15) is 5.10 Å². The first kappa shape index (κ1) is 16.0. The van der Waals surface area contributed by atoms with Crippen molar-refractivity contribution >= 4 is 18.9 Å². The summed E-state index contributed by atoms with van der Waals surface area (Å²) in [5.74, 6) is 0. The molecule has 0 N–H and O–H groups in total. The normalized spacial score (nSPS) is 19.1. The van der Waals surface area contributed by atoms with Crippen LogP contribution in [0.15, 0.2) is 30.6 Å². The van der Waals surface area contributed by atoms with Crippen LogP contribution in [0.4, 0.5) is 0 Å². The summed E-state index contributed by atoms with van der Waals surface area (Å²) in [6.07, 6.45) is 4.57. The van der Waals surface area contributed by atoms with Crippen LogP contribution in [0.5, 0.6) is 0 Å². The van der Waals surface area contributed by atoms with Crippen molar-refractivity contribution in [3.8, 4) is 11.1 Å². The van der Waals surface area contributed by atoms with Gasteiger partial charge in [-0.15, -0.1) is 0 Å². The number of nitrogens with zero attached hydrogens (tertiary/aromatic N) is 2. The topological polar surface area (TPSA) is 53.4 Å². The lowest BCUT2D eigenvalue weighted by Crippen LogP contribution is -2.41. The van der Waals surface area contributed by atoms with Crippen LogP contribution < -0.4 is 5.46 Å². The van der Waals surface area contributed by atoms with Crippen molar-refractivity contribution in [1.82, 2.24) is 9.78 Å². The second kappa shape index (κ2) is 5.32. The van der Waals surface area contributed by atoms with E-state index in [0.29, 0.717) is 5.56 Å². The summed E-state index contributed by atoms with van der Waals surface area (Å²) in [7, 11) is 1.31.